The number of benzene rings is 1. The minimum atomic E-state index is -0.207. The smallest absolute Gasteiger partial charge is 0.270 e. The van der Waals surface area contributed by atoms with Gasteiger partial charge in [0.25, 0.3) is 5.91 Å². The van der Waals surface area contributed by atoms with Crippen molar-refractivity contribution in [1.29, 1.82) is 0 Å². The number of carbonyl (C=O) groups is 1. The van der Waals surface area contributed by atoms with Crippen molar-refractivity contribution in [2.45, 2.75) is 46.3 Å². The highest BCUT2D eigenvalue weighted by molar-refractivity contribution is 5.93. The third kappa shape index (κ3) is 4.94. The number of aromatic nitrogens is 2. The topological polar surface area (TPSA) is 76.1 Å². The first kappa shape index (κ1) is 17.7. The SMILES string of the molecule is CCC(C)NC(=O)c1cc(Nc2ccccc2OC(C)C)ncn1. The summed E-state index contributed by atoms with van der Waals surface area (Å²) in [5.74, 6) is 1.07. The molecule has 1 heterocycles. The lowest BCUT2D eigenvalue weighted by Gasteiger charge is -2.15. The summed E-state index contributed by atoms with van der Waals surface area (Å²) in [4.78, 5) is 20.4. The molecule has 6 heteroatoms. The molecule has 0 aliphatic heterocycles. The first-order valence-electron chi connectivity index (χ1n) is 8.15. The number of hydrogen-bond donors (Lipinski definition) is 2. The van der Waals surface area contributed by atoms with Crippen molar-refractivity contribution in [3.05, 3.63) is 42.4 Å². The summed E-state index contributed by atoms with van der Waals surface area (Å²) < 4.78 is 5.78. The van der Waals surface area contributed by atoms with Crippen LogP contribution < -0.4 is 15.4 Å². The van der Waals surface area contributed by atoms with Gasteiger partial charge in [-0.2, -0.15) is 0 Å². The minimum Gasteiger partial charge on any atom is -0.489 e. The molecular weight excluding hydrogens is 304 g/mol. The monoisotopic (exact) mass is 328 g/mol. The lowest BCUT2D eigenvalue weighted by atomic mass is 10.2. The van der Waals surface area contributed by atoms with Crippen LogP contribution in [0.25, 0.3) is 0 Å². The van der Waals surface area contributed by atoms with Gasteiger partial charge in [0.1, 0.15) is 23.6 Å². The molecule has 1 aromatic heterocycles. The Balaban J connectivity index is 2.17. The summed E-state index contributed by atoms with van der Waals surface area (Å²) in [5, 5.41) is 6.08. The molecule has 1 amide bonds. The Morgan fingerprint density at radius 1 is 1.21 bits per heavy atom. The van der Waals surface area contributed by atoms with E-state index in [2.05, 4.69) is 20.6 Å². The number of amides is 1. The molecule has 1 atom stereocenters. The number of rotatable bonds is 7. The lowest BCUT2D eigenvalue weighted by Crippen LogP contribution is -2.32. The molecule has 1 unspecified atom stereocenters. The standard InChI is InChI=1S/C18H24N4O2/c1-5-13(4)21-18(23)15-10-17(20-11-19-15)22-14-8-6-7-9-16(14)24-12(2)3/h6-13H,5H2,1-4H3,(H,21,23)(H,19,20,22). The largest absolute Gasteiger partial charge is 0.489 e. The van der Waals surface area contributed by atoms with Crippen LogP contribution in [0, 0.1) is 0 Å². The lowest BCUT2D eigenvalue weighted by molar-refractivity contribution is 0.0934. The highest BCUT2D eigenvalue weighted by Crippen LogP contribution is 2.27. The van der Waals surface area contributed by atoms with Gasteiger partial charge in [-0.3, -0.25) is 4.79 Å². The molecule has 2 rings (SSSR count). The summed E-state index contributed by atoms with van der Waals surface area (Å²) >= 11 is 0. The van der Waals surface area contributed by atoms with Crippen LogP contribution in [0.5, 0.6) is 5.75 Å². The Kier molecular flexibility index (Phi) is 6.12. The molecule has 0 aliphatic rings. The second-order valence-electron chi connectivity index (χ2n) is 5.86. The third-order valence-corrected chi connectivity index (χ3v) is 3.40. The molecule has 0 fully saturated rings. The van der Waals surface area contributed by atoms with E-state index in [0.29, 0.717) is 11.5 Å². The zero-order valence-corrected chi connectivity index (χ0v) is 14.5. The number of carbonyl (C=O) groups excluding carboxylic acids is 1. The highest BCUT2D eigenvalue weighted by atomic mass is 16.5. The van der Waals surface area contributed by atoms with Gasteiger partial charge in [-0.05, 0) is 39.3 Å². The van der Waals surface area contributed by atoms with E-state index in [-0.39, 0.29) is 18.1 Å². The third-order valence-electron chi connectivity index (χ3n) is 3.40. The molecular formula is C18H24N4O2. The van der Waals surface area contributed by atoms with E-state index < -0.39 is 0 Å². The molecule has 128 valence electrons. The van der Waals surface area contributed by atoms with Gasteiger partial charge in [0.15, 0.2) is 0 Å². The second-order valence-corrected chi connectivity index (χ2v) is 5.86. The van der Waals surface area contributed by atoms with E-state index in [1.807, 2.05) is 52.0 Å². The van der Waals surface area contributed by atoms with Gasteiger partial charge in [-0.15, -0.1) is 0 Å². The number of ether oxygens (including phenoxy) is 1. The van der Waals surface area contributed by atoms with Crippen molar-refractivity contribution in [3.63, 3.8) is 0 Å². The molecule has 0 bridgehead atoms. The van der Waals surface area contributed by atoms with Crippen molar-refractivity contribution < 1.29 is 9.53 Å². The predicted octanol–water partition coefficient (Wildman–Crippen LogP) is 3.54. The van der Waals surface area contributed by atoms with Gasteiger partial charge in [0, 0.05) is 12.1 Å². The Labute approximate surface area is 142 Å². The summed E-state index contributed by atoms with van der Waals surface area (Å²) in [6, 6.07) is 9.34. The minimum absolute atomic E-state index is 0.0650. The van der Waals surface area contributed by atoms with Crippen molar-refractivity contribution in [2.75, 3.05) is 5.32 Å². The van der Waals surface area contributed by atoms with E-state index in [4.69, 9.17) is 4.74 Å². The summed E-state index contributed by atoms with van der Waals surface area (Å²) in [6.07, 6.45) is 2.30. The van der Waals surface area contributed by atoms with Gasteiger partial charge in [-0.1, -0.05) is 19.1 Å². The van der Waals surface area contributed by atoms with E-state index in [9.17, 15) is 4.79 Å². The van der Waals surface area contributed by atoms with E-state index >= 15 is 0 Å². The van der Waals surface area contributed by atoms with Crippen LogP contribution in [-0.2, 0) is 0 Å². The summed E-state index contributed by atoms with van der Waals surface area (Å²) in [6.45, 7) is 7.92. The maximum atomic E-state index is 12.2. The van der Waals surface area contributed by atoms with Crippen LogP contribution in [-0.4, -0.2) is 28.0 Å². The number of nitrogens with one attached hydrogen (secondary N) is 2. The predicted molar refractivity (Wildman–Crippen MR) is 94.7 cm³/mol. The molecule has 24 heavy (non-hydrogen) atoms. The maximum absolute atomic E-state index is 12.2. The van der Waals surface area contributed by atoms with Gasteiger partial charge in [-0.25, -0.2) is 9.97 Å². The summed E-state index contributed by atoms with van der Waals surface area (Å²) in [5.41, 5.74) is 1.12. The van der Waals surface area contributed by atoms with Crippen molar-refractivity contribution in [3.8, 4) is 5.75 Å². The molecule has 0 saturated heterocycles. The first-order chi connectivity index (χ1) is 11.5. The van der Waals surface area contributed by atoms with Crippen LogP contribution in [0.2, 0.25) is 0 Å². The van der Waals surface area contributed by atoms with Gasteiger partial charge in [0.05, 0.1) is 11.8 Å². The molecule has 0 spiro atoms. The number of hydrogen-bond acceptors (Lipinski definition) is 5. The van der Waals surface area contributed by atoms with Gasteiger partial charge < -0.3 is 15.4 Å². The van der Waals surface area contributed by atoms with Crippen LogP contribution >= 0.6 is 0 Å². The number of nitrogens with zero attached hydrogens (tertiary/aromatic N) is 2. The molecule has 2 N–H and O–H groups in total. The number of anilines is 2. The van der Waals surface area contributed by atoms with Gasteiger partial charge >= 0.3 is 0 Å². The Bertz CT molecular complexity index is 688. The van der Waals surface area contributed by atoms with E-state index in [1.165, 1.54) is 6.33 Å². The van der Waals surface area contributed by atoms with Crippen LogP contribution in [0.3, 0.4) is 0 Å². The molecule has 6 nitrogen and oxygen atoms in total. The molecule has 1 aromatic carbocycles. The van der Waals surface area contributed by atoms with E-state index in [1.54, 1.807) is 6.07 Å². The average Bonchev–Trinajstić information content (AvgIpc) is 2.56. The molecule has 2 aromatic rings. The van der Waals surface area contributed by atoms with Crippen molar-refractivity contribution >= 4 is 17.4 Å². The van der Waals surface area contributed by atoms with Crippen LogP contribution in [0.1, 0.15) is 44.6 Å². The molecule has 0 saturated carbocycles. The van der Waals surface area contributed by atoms with Crippen molar-refractivity contribution in [1.82, 2.24) is 15.3 Å². The Hall–Kier alpha value is -2.63. The second kappa shape index (κ2) is 8.29. The first-order valence-corrected chi connectivity index (χ1v) is 8.15. The van der Waals surface area contributed by atoms with E-state index in [0.717, 1.165) is 17.9 Å². The van der Waals surface area contributed by atoms with Crippen LogP contribution in [0.4, 0.5) is 11.5 Å². The zero-order valence-electron chi connectivity index (χ0n) is 14.5. The highest BCUT2D eigenvalue weighted by Gasteiger charge is 2.12. The average molecular weight is 328 g/mol. The Morgan fingerprint density at radius 3 is 2.67 bits per heavy atom. The fourth-order valence-electron chi connectivity index (χ4n) is 2.01. The quantitative estimate of drug-likeness (QED) is 0.813. The molecule has 0 radical (unpaired) electrons. The number of para-hydroxylation sites is 2. The maximum Gasteiger partial charge on any atom is 0.270 e. The molecule has 0 aliphatic carbocycles. The fraction of sp³-hybridized carbons (Fsp3) is 0.389. The van der Waals surface area contributed by atoms with Crippen molar-refractivity contribution in [2.24, 2.45) is 0 Å². The Morgan fingerprint density at radius 2 is 1.96 bits per heavy atom. The van der Waals surface area contributed by atoms with Crippen LogP contribution in [0.15, 0.2) is 36.7 Å². The zero-order chi connectivity index (χ0) is 17.5. The fourth-order valence-corrected chi connectivity index (χ4v) is 2.01. The normalized spacial score (nSPS) is 11.9. The summed E-state index contributed by atoms with van der Waals surface area (Å²) in [7, 11) is 0. The van der Waals surface area contributed by atoms with Gasteiger partial charge in [0.2, 0.25) is 0 Å².